The van der Waals surface area contributed by atoms with Gasteiger partial charge in [0.25, 0.3) is 0 Å². The van der Waals surface area contributed by atoms with Gasteiger partial charge in [-0.3, -0.25) is 4.79 Å². The molecule has 1 unspecified atom stereocenters. The van der Waals surface area contributed by atoms with Crippen LogP contribution in [0.2, 0.25) is 0 Å². The third-order valence-corrected chi connectivity index (χ3v) is 4.07. The number of aromatic nitrogens is 1. The maximum atomic E-state index is 11.8. The van der Waals surface area contributed by atoms with Gasteiger partial charge < -0.3 is 10.1 Å². The van der Waals surface area contributed by atoms with Crippen LogP contribution in [0.4, 0.5) is 5.82 Å². The Hall–Kier alpha value is -3.65. The highest BCUT2D eigenvalue weighted by Gasteiger charge is 2.20. The van der Waals surface area contributed by atoms with Crippen LogP contribution in [0.3, 0.4) is 0 Å². The zero-order valence-electron chi connectivity index (χ0n) is 14.9. The van der Waals surface area contributed by atoms with Gasteiger partial charge in [-0.15, -0.1) is 0 Å². The van der Waals surface area contributed by atoms with Gasteiger partial charge in [-0.25, -0.2) is 4.98 Å². The van der Waals surface area contributed by atoms with Crippen molar-refractivity contribution in [2.75, 3.05) is 5.32 Å². The highest BCUT2D eigenvalue weighted by molar-refractivity contribution is 5.72. The number of nitrogens with one attached hydrogen (secondary N) is 1. The molecule has 0 spiro atoms. The Morgan fingerprint density at radius 2 is 1.85 bits per heavy atom. The summed E-state index contributed by atoms with van der Waals surface area (Å²) in [6, 6.07) is 22.2. The van der Waals surface area contributed by atoms with E-state index in [1.54, 1.807) is 31.3 Å². The quantitative estimate of drug-likeness (QED) is 0.520. The minimum Gasteiger partial charge on any atom is -0.426 e. The topological polar surface area (TPSA) is 75.0 Å². The summed E-state index contributed by atoms with van der Waals surface area (Å²) >= 11 is 0. The molecule has 0 bridgehead atoms. The van der Waals surface area contributed by atoms with Gasteiger partial charge in [-0.05, 0) is 35.9 Å². The molecule has 1 heterocycles. The monoisotopic (exact) mass is 357 g/mol. The van der Waals surface area contributed by atoms with E-state index in [9.17, 15) is 4.79 Å². The largest absolute Gasteiger partial charge is 0.426 e. The predicted octanol–water partition coefficient (Wildman–Crippen LogP) is 4.47. The Balaban J connectivity index is 2.04. The van der Waals surface area contributed by atoms with Gasteiger partial charge in [0, 0.05) is 18.2 Å². The summed E-state index contributed by atoms with van der Waals surface area (Å²) in [4.78, 5) is 16.2. The summed E-state index contributed by atoms with van der Waals surface area (Å²) in [5.74, 6) is 0.907. The molecule has 1 atom stereocenters. The second kappa shape index (κ2) is 8.63. The summed E-state index contributed by atoms with van der Waals surface area (Å²) in [6.45, 7) is 1.76. The van der Waals surface area contributed by atoms with Crippen molar-refractivity contribution in [3.05, 3.63) is 89.6 Å². The zero-order chi connectivity index (χ0) is 19.1. The van der Waals surface area contributed by atoms with E-state index in [0.717, 1.165) is 11.1 Å². The van der Waals surface area contributed by atoms with Gasteiger partial charge in [-0.1, -0.05) is 43.3 Å². The number of hydrogen-bond acceptors (Lipinski definition) is 5. The minimum absolute atomic E-state index is 0.293. The molecule has 5 heteroatoms. The van der Waals surface area contributed by atoms with Crippen LogP contribution < -0.4 is 10.1 Å². The fourth-order valence-corrected chi connectivity index (χ4v) is 2.69. The maximum absolute atomic E-state index is 11.8. The van der Waals surface area contributed by atoms with Crippen molar-refractivity contribution in [3.8, 4) is 11.8 Å². The number of benzene rings is 2. The van der Waals surface area contributed by atoms with Gasteiger partial charge >= 0.3 is 5.97 Å². The average molecular weight is 357 g/mol. The first-order valence-electron chi connectivity index (χ1n) is 8.68. The number of esters is 1. The molecule has 0 fully saturated rings. The molecular formula is C22H19N3O2. The highest BCUT2D eigenvalue weighted by atomic mass is 16.5. The summed E-state index contributed by atoms with van der Waals surface area (Å²) in [6.07, 6.45) is 2.00. The number of hydrogen-bond donors (Lipinski definition) is 1. The van der Waals surface area contributed by atoms with E-state index in [0.29, 0.717) is 23.6 Å². The van der Waals surface area contributed by atoms with Crippen LogP contribution in [0.15, 0.2) is 72.9 Å². The van der Waals surface area contributed by atoms with Crippen molar-refractivity contribution in [1.82, 2.24) is 4.98 Å². The molecule has 5 nitrogen and oxygen atoms in total. The Morgan fingerprint density at radius 3 is 2.52 bits per heavy atom. The lowest BCUT2D eigenvalue weighted by Gasteiger charge is -2.22. The van der Waals surface area contributed by atoms with Crippen molar-refractivity contribution in [2.24, 2.45) is 0 Å². The molecule has 1 aromatic heterocycles. The molecule has 0 aliphatic heterocycles. The first kappa shape index (κ1) is 18.2. The summed E-state index contributed by atoms with van der Waals surface area (Å²) in [7, 11) is 0. The molecule has 1 N–H and O–H groups in total. The lowest BCUT2D eigenvalue weighted by atomic mass is 9.97. The molecule has 0 amide bonds. The van der Waals surface area contributed by atoms with Gasteiger partial charge in [0.05, 0.1) is 17.7 Å². The molecule has 0 aliphatic carbocycles. The Labute approximate surface area is 158 Å². The van der Waals surface area contributed by atoms with Crippen molar-refractivity contribution >= 4 is 11.8 Å². The molecule has 2 aromatic carbocycles. The van der Waals surface area contributed by atoms with E-state index in [1.165, 1.54) is 0 Å². The highest BCUT2D eigenvalue weighted by Crippen LogP contribution is 2.33. The number of carbonyl (C=O) groups excluding carboxylic acids is 1. The number of carbonyl (C=O) groups is 1. The van der Waals surface area contributed by atoms with Gasteiger partial charge in [0.15, 0.2) is 0 Å². The van der Waals surface area contributed by atoms with Gasteiger partial charge in [0.2, 0.25) is 0 Å². The van der Waals surface area contributed by atoms with Crippen LogP contribution in [0.1, 0.15) is 36.1 Å². The second-order valence-corrected chi connectivity index (χ2v) is 5.89. The molecule has 3 aromatic rings. The van der Waals surface area contributed by atoms with Gasteiger partial charge in [0.1, 0.15) is 11.6 Å². The van der Waals surface area contributed by atoms with E-state index in [1.807, 2.05) is 48.5 Å². The average Bonchev–Trinajstić information content (AvgIpc) is 2.73. The Morgan fingerprint density at radius 1 is 1.11 bits per heavy atom. The first-order valence-corrected chi connectivity index (χ1v) is 8.68. The van der Waals surface area contributed by atoms with E-state index in [-0.39, 0.29) is 12.0 Å². The fourth-order valence-electron chi connectivity index (χ4n) is 2.69. The number of para-hydroxylation sites is 1. The summed E-state index contributed by atoms with van der Waals surface area (Å²) in [5, 5.41) is 12.5. The van der Waals surface area contributed by atoms with Crippen LogP contribution in [0, 0.1) is 11.3 Å². The predicted molar refractivity (Wildman–Crippen MR) is 103 cm³/mol. The molecule has 0 radical (unpaired) electrons. The second-order valence-electron chi connectivity index (χ2n) is 5.89. The van der Waals surface area contributed by atoms with Crippen LogP contribution in [-0.2, 0) is 4.79 Å². The van der Waals surface area contributed by atoms with E-state index < -0.39 is 0 Å². The van der Waals surface area contributed by atoms with Crippen molar-refractivity contribution in [1.29, 1.82) is 5.26 Å². The van der Waals surface area contributed by atoms with E-state index in [2.05, 4.69) is 16.4 Å². The maximum Gasteiger partial charge on any atom is 0.310 e. The Bertz CT molecular complexity index is 947. The van der Waals surface area contributed by atoms with E-state index in [4.69, 9.17) is 10.00 Å². The number of anilines is 1. The van der Waals surface area contributed by atoms with Gasteiger partial charge in [-0.2, -0.15) is 5.26 Å². The lowest BCUT2D eigenvalue weighted by molar-refractivity contribution is -0.134. The molecular weight excluding hydrogens is 338 g/mol. The number of rotatable bonds is 6. The van der Waals surface area contributed by atoms with Crippen LogP contribution >= 0.6 is 0 Å². The van der Waals surface area contributed by atoms with Crippen LogP contribution in [0.5, 0.6) is 5.75 Å². The van der Waals surface area contributed by atoms with E-state index >= 15 is 0 Å². The van der Waals surface area contributed by atoms with Crippen molar-refractivity contribution < 1.29 is 9.53 Å². The zero-order valence-corrected chi connectivity index (χ0v) is 14.9. The number of nitrogens with zero attached hydrogens (tertiary/aromatic N) is 2. The lowest BCUT2D eigenvalue weighted by Crippen LogP contribution is -2.16. The fraction of sp³-hybridized carbons (Fsp3) is 0.136. The molecule has 27 heavy (non-hydrogen) atoms. The molecule has 3 rings (SSSR count). The summed E-state index contributed by atoms with van der Waals surface area (Å²) in [5.41, 5.74) is 2.33. The Kier molecular flexibility index (Phi) is 5.80. The molecule has 0 saturated carbocycles. The molecule has 134 valence electrons. The normalized spacial score (nSPS) is 11.3. The van der Waals surface area contributed by atoms with Crippen LogP contribution in [-0.4, -0.2) is 11.0 Å². The number of pyridine rings is 1. The minimum atomic E-state index is -0.298. The third kappa shape index (κ3) is 4.50. The number of ether oxygens (including phenoxy) is 1. The van der Waals surface area contributed by atoms with Crippen LogP contribution in [0.25, 0.3) is 0 Å². The standard InChI is InChI=1S/C22H19N3O2/c1-2-21(26)27-19-8-4-3-7-18(19)22(25-20-9-5-6-14-24-20)17-12-10-16(15-23)11-13-17/h3-14,22H,2H2,1H3,(H,24,25). The van der Waals surface area contributed by atoms with Crippen molar-refractivity contribution in [2.45, 2.75) is 19.4 Å². The smallest absolute Gasteiger partial charge is 0.310 e. The SMILES string of the molecule is CCC(=O)Oc1ccccc1C(Nc1ccccn1)c1ccc(C#N)cc1. The van der Waals surface area contributed by atoms with Crippen molar-refractivity contribution in [3.63, 3.8) is 0 Å². The molecule has 0 aliphatic rings. The number of nitriles is 1. The summed E-state index contributed by atoms with van der Waals surface area (Å²) < 4.78 is 5.53. The first-order chi connectivity index (χ1) is 13.2. The molecule has 0 saturated heterocycles. The third-order valence-electron chi connectivity index (χ3n) is 4.07.